The van der Waals surface area contributed by atoms with Crippen LogP contribution in [0.2, 0.25) is 0 Å². The van der Waals surface area contributed by atoms with Gasteiger partial charge in [-0.15, -0.1) is 11.3 Å². The summed E-state index contributed by atoms with van der Waals surface area (Å²) in [6.07, 6.45) is -4.36. The van der Waals surface area contributed by atoms with Crippen LogP contribution in [0.15, 0.2) is 15.2 Å². The van der Waals surface area contributed by atoms with Gasteiger partial charge in [0.25, 0.3) is 5.91 Å². The minimum Gasteiger partial charge on any atom is -0.350 e. The Kier molecular flexibility index (Phi) is 5.64. The van der Waals surface area contributed by atoms with Crippen LogP contribution in [0.1, 0.15) is 10.4 Å². The zero-order chi connectivity index (χ0) is 15.5. The second kappa shape index (κ2) is 7.08. The standard InChI is InChI=1S/C12H15BrF3N3OS/c13-10-5-8(7-21-10)11(20)18-6-9(12(14,15)16)19-3-1-17-2-4-19/h5,7,9,17H,1-4,6H2,(H,18,20). The van der Waals surface area contributed by atoms with Crippen molar-refractivity contribution in [3.05, 3.63) is 20.8 Å². The Morgan fingerprint density at radius 3 is 2.67 bits per heavy atom. The molecule has 1 aliphatic rings. The van der Waals surface area contributed by atoms with Gasteiger partial charge in [0.05, 0.1) is 9.35 Å². The Morgan fingerprint density at radius 2 is 2.14 bits per heavy atom. The molecule has 4 nitrogen and oxygen atoms in total. The minimum absolute atomic E-state index is 0.323. The van der Waals surface area contributed by atoms with E-state index in [0.29, 0.717) is 31.7 Å². The van der Waals surface area contributed by atoms with E-state index >= 15 is 0 Å². The van der Waals surface area contributed by atoms with Crippen molar-refractivity contribution in [2.24, 2.45) is 0 Å². The highest BCUT2D eigenvalue weighted by Crippen LogP contribution is 2.25. The van der Waals surface area contributed by atoms with Crippen LogP contribution in [0.25, 0.3) is 0 Å². The van der Waals surface area contributed by atoms with Gasteiger partial charge in [-0.1, -0.05) is 0 Å². The maximum atomic E-state index is 13.1. The van der Waals surface area contributed by atoms with Crippen molar-refractivity contribution < 1.29 is 18.0 Å². The van der Waals surface area contributed by atoms with E-state index in [-0.39, 0.29) is 0 Å². The number of hydrogen-bond donors (Lipinski definition) is 2. The first-order valence-corrected chi connectivity index (χ1v) is 8.09. The summed E-state index contributed by atoms with van der Waals surface area (Å²) in [4.78, 5) is 13.2. The zero-order valence-electron chi connectivity index (χ0n) is 11.0. The summed E-state index contributed by atoms with van der Waals surface area (Å²) in [5.41, 5.74) is 0.369. The highest BCUT2D eigenvalue weighted by Gasteiger charge is 2.43. The number of alkyl halides is 3. The van der Waals surface area contributed by atoms with Crippen LogP contribution in [0.4, 0.5) is 13.2 Å². The van der Waals surface area contributed by atoms with Gasteiger partial charge in [0, 0.05) is 38.1 Å². The summed E-state index contributed by atoms with van der Waals surface area (Å²) in [6, 6.07) is -0.0569. The average Bonchev–Trinajstić information content (AvgIpc) is 2.85. The Labute approximate surface area is 132 Å². The number of hydrogen-bond acceptors (Lipinski definition) is 4. The molecule has 2 N–H and O–H groups in total. The fourth-order valence-corrected chi connectivity index (χ4v) is 3.30. The number of amides is 1. The van der Waals surface area contributed by atoms with Gasteiger partial charge in [0.2, 0.25) is 0 Å². The van der Waals surface area contributed by atoms with Crippen LogP contribution in [-0.4, -0.2) is 55.7 Å². The quantitative estimate of drug-likeness (QED) is 0.833. The molecule has 1 aromatic heterocycles. The molecule has 2 heterocycles. The number of halogens is 4. The van der Waals surface area contributed by atoms with Crippen molar-refractivity contribution in [1.82, 2.24) is 15.5 Å². The Balaban J connectivity index is 1.97. The predicted molar refractivity (Wildman–Crippen MR) is 78.6 cm³/mol. The summed E-state index contributed by atoms with van der Waals surface area (Å²) in [7, 11) is 0. The van der Waals surface area contributed by atoms with Crippen LogP contribution < -0.4 is 10.6 Å². The highest BCUT2D eigenvalue weighted by molar-refractivity contribution is 9.11. The van der Waals surface area contributed by atoms with Crippen LogP contribution in [0.3, 0.4) is 0 Å². The number of thiophene rings is 1. The van der Waals surface area contributed by atoms with Crippen molar-refractivity contribution in [2.75, 3.05) is 32.7 Å². The van der Waals surface area contributed by atoms with Crippen molar-refractivity contribution >= 4 is 33.2 Å². The van der Waals surface area contributed by atoms with Gasteiger partial charge in [0.15, 0.2) is 0 Å². The third-order valence-electron chi connectivity index (χ3n) is 3.26. The van der Waals surface area contributed by atoms with E-state index in [4.69, 9.17) is 0 Å². The third-order valence-corrected chi connectivity index (χ3v) is 4.76. The first-order valence-electron chi connectivity index (χ1n) is 6.41. The summed E-state index contributed by atoms with van der Waals surface area (Å²) < 4.78 is 40.2. The molecule has 118 valence electrons. The lowest BCUT2D eigenvalue weighted by Gasteiger charge is -2.35. The summed E-state index contributed by atoms with van der Waals surface area (Å²) in [5.74, 6) is -0.485. The van der Waals surface area contributed by atoms with E-state index in [1.165, 1.54) is 16.2 Å². The van der Waals surface area contributed by atoms with Gasteiger partial charge < -0.3 is 10.6 Å². The number of piperazine rings is 1. The molecule has 0 bridgehead atoms. The molecule has 0 radical (unpaired) electrons. The van der Waals surface area contributed by atoms with Crippen LogP contribution >= 0.6 is 27.3 Å². The maximum Gasteiger partial charge on any atom is 0.405 e. The fraction of sp³-hybridized carbons (Fsp3) is 0.583. The molecule has 0 aromatic carbocycles. The van der Waals surface area contributed by atoms with Crippen molar-refractivity contribution in [2.45, 2.75) is 12.2 Å². The van der Waals surface area contributed by atoms with E-state index in [2.05, 4.69) is 26.6 Å². The van der Waals surface area contributed by atoms with E-state index in [0.717, 1.165) is 3.79 Å². The van der Waals surface area contributed by atoms with Gasteiger partial charge in [0.1, 0.15) is 6.04 Å². The molecule has 1 unspecified atom stereocenters. The number of rotatable bonds is 4. The zero-order valence-corrected chi connectivity index (χ0v) is 13.4. The van der Waals surface area contributed by atoms with Gasteiger partial charge in [-0.05, 0) is 22.0 Å². The molecule has 9 heteroatoms. The summed E-state index contributed by atoms with van der Waals surface area (Å²) >= 11 is 4.53. The van der Waals surface area contributed by atoms with Crippen molar-refractivity contribution in [1.29, 1.82) is 0 Å². The van der Waals surface area contributed by atoms with Crippen molar-refractivity contribution in [3.8, 4) is 0 Å². The molecule has 1 aliphatic heterocycles. The Morgan fingerprint density at radius 1 is 1.48 bits per heavy atom. The molecule has 1 atom stereocenters. The monoisotopic (exact) mass is 385 g/mol. The maximum absolute atomic E-state index is 13.1. The van der Waals surface area contributed by atoms with Gasteiger partial charge in [-0.2, -0.15) is 13.2 Å². The van der Waals surface area contributed by atoms with E-state index in [1.807, 2.05) is 0 Å². The first-order chi connectivity index (χ1) is 9.88. The summed E-state index contributed by atoms with van der Waals surface area (Å²) in [5, 5.41) is 7.00. The highest BCUT2D eigenvalue weighted by atomic mass is 79.9. The van der Waals surface area contributed by atoms with E-state index in [9.17, 15) is 18.0 Å². The molecule has 1 fully saturated rings. The number of nitrogens with zero attached hydrogens (tertiary/aromatic N) is 1. The molecular weight excluding hydrogens is 371 g/mol. The van der Waals surface area contributed by atoms with Gasteiger partial charge in [-0.25, -0.2) is 0 Å². The SMILES string of the molecule is O=C(NCC(N1CCNCC1)C(F)(F)F)c1csc(Br)c1. The van der Waals surface area contributed by atoms with Crippen LogP contribution in [0, 0.1) is 0 Å². The molecule has 2 rings (SSSR count). The minimum atomic E-state index is -4.36. The predicted octanol–water partition coefficient (Wildman–Crippen LogP) is 2.08. The summed E-state index contributed by atoms with van der Waals surface area (Å²) in [6.45, 7) is 1.26. The third kappa shape index (κ3) is 4.67. The van der Waals surface area contributed by atoms with Crippen LogP contribution in [0.5, 0.6) is 0 Å². The topological polar surface area (TPSA) is 44.4 Å². The van der Waals surface area contributed by atoms with E-state index in [1.54, 1.807) is 11.4 Å². The Hall–Kier alpha value is -0.640. The molecule has 1 saturated heterocycles. The molecule has 0 aliphatic carbocycles. The number of carbonyl (C=O) groups is 1. The normalized spacial score (nSPS) is 18.5. The number of carbonyl (C=O) groups excluding carboxylic acids is 1. The Bertz CT molecular complexity index is 488. The van der Waals surface area contributed by atoms with Gasteiger partial charge in [-0.3, -0.25) is 9.69 Å². The number of nitrogens with one attached hydrogen (secondary N) is 2. The lowest BCUT2D eigenvalue weighted by molar-refractivity contribution is -0.183. The van der Waals surface area contributed by atoms with Crippen molar-refractivity contribution in [3.63, 3.8) is 0 Å². The fourth-order valence-electron chi connectivity index (χ4n) is 2.17. The van der Waals surface area contributed by atoms with E-state index < -0.39 is 24.7 Å². The lowest BCUT2D eigenvalue weighted by Crippen LogP contribution is -2.57. The molecule has 21 heavy (non-hydrogen) atoms. The van der Waals surface area contributed by atoms with Gasteiger partial charge >= 0.3 is 6.18 Å². The molecule has 1 amide bonds. The lowest BCUT2D eigenvalue weighted by atomic mass is 10.2. The molecule has 0 spiro atoms. The van der Waals surface area contributed by atoms with Crippen LogP contribution in [-0.2, 0) is 0 Å². The second-order valence-electron chi connectivity index (χ2n) is 4.69. The smallest absolute Gasteiger partial charge is 0.350 e. The molecule has 0 saturated carbocycles. The largest absolute Gasteiger partial charge is 0.405 e. The molecular formula is C12H15BrF3N3OS. The second-order valence-corrected chi connectivity index (χ2v) is 6.98. The first kappa shape index (κ1) is 16.7. The molecule has 1 aromatic rings. The average molecular weight is 386 g/mol.